The van der Waals surface area contributed by atoms with Gasteiger partial charge in [-0.05, 0) is 43.9 Å². The topological polar surface area (TPSA) is 49.4 Å². The van der Waals surface area contributed by atoms with Gasteiger partial charge in [0.2, 0.25) is 0 Å². The van der Waals surface area contributed by atoms with E-state index in [9.17, 15) is 21.6 Å². The fourth-order valence-electron chi connectivity index (χ4n) is 2.85. The lowest BCUT2D eigenvalue weighted by Crippen LogP contribution is -2.45. The van der Waals surface area contributed by atoms with Gasteiger partial charge in [0.15, 0.2) is 0 Å². The van der Waals surface area contributed by atoms with Crippen molar-refractivity contribution in [3.63, 3.8) is 0 Å². The maximum atomic E-state index is 12.5. The molecule has 1 aromatic rings. The first-order valence-corrected chi connectivity index (χ1v) is 8.30. The highest BCUT2D eigenvalue weighted by atomic mass is 32.2. The average Bonchev–Trinajstić information content (AvgIpc) is 2.33. The molecule has 8 heteroatoms. The van der Waals surface area contributed by atoms with Crippen LogP contribution in [-0.4, -0.2) is 26.5 Å². The minimum atomic E-state index is -5.41. The number of hydrogen-bond acceptors (Lipinski definition) is 3. The minimum absolute atomic E-state index is 0.0900. The minimum Gasteiger partial charge on any atom is -0.369 e. The Balaban J connectivity index is 2.43. The van der Waals surface area contributed by atoms with Crippen LogP contribution >= 0.6 is 0 Å². The lowest BCUT2D eigenvalue weighted by molar-refractivity contribution is -0.0429. The molecule has 0 fully saturated rings. The molecule has 2 rings (SSSR count). The molecule has 1 heterocycles. The van der Waals surface area contributed by atoms with Gasteiger partial charge in [0, 0.05) is 18.3 Å². The van der Waals surface area contributed by atoms with Crippen molar-refractivity contribution in [3.8, 4) is 0 Å². The molecule has 0 spiro atoms. The number of nitrogens with one attached hydrogen (secondary N) is 1. The number of benzene rings is 1. The summed E-state index contributed by atoms with van der Waals surface area (Å²) in [5.41, 5.74) is -3.84. The van der Waals surface area contributed by atoms with Crippen molar-refractivity contribution in [1.29, 1.82) is 0 Å². The molecule has 0 bridgehead atoms. The smallest absolute Gasteiger partial charge is 0.369 e. The van der Waals surface area contributed by atoms with Crippen molar-refractivity contribution in [1.82, 2.24) is 0 Å². The zero-order valence-corrected chi connectivity index (χ0v) is 13.6. The molecule has 4 nitrogen and oxygen atoms in total. The number of halogens is 3. The normalized spacial score (nSPS) is 21.4. The van der Waals surface area contributed by atoms with Crippen LogP contribution in [0.25, 0.3) is 0 Å². The summed E-state index contributed by atoms with van der Waals surface area (Å²) in [4.78, 5) is 1.97. The van der Waals surface area contributed by atoms with Crippen molar-refractivity contribution < 1.29 is 21.6 Å². The summed E-state index contributed by atoms with van der Waals surface area (Å²) >= 11 is 0. The molecule has 1 aliphatic rings. The van der Waals surface area contributed by atoms with E-state index < -0.39 is 15.5 Å². The van der Waals surface area contributed by atoms with Gasteiger partial charge in [-0.15, -0.1) is 0 Å². The number of rotatable bonds is 2. The second kappa shape index (κ2) is 5.04. The molecule has 0 radical (unpaired) electrons. The molecule has 0 amide bonds. The molecule has 1 N–H and O–H groups in total. The Labute approximate surface area is 128 Å². The third kappa shape index (κ3) is 2.88. The molecule has 1 atom stereocenters. The zero-order valence-electron chi connectivity index (χ0n) is 12.8. The summed E-state index contributed by atoms with van der Waals surface area (Å²) in [5, 5.41) is 0. The maximum Gasteiger partial charge on any atom is 0.516 e. The van der Waals surface area contributed by atoms with E-state index in [0.717, 1.165) is 17.7 Å². The lowest BCUT2D eigenvalue weighted by atomic mass is 9.80. The standard InChI is InChI=1S/C14H19F3N2O2S/c1-9-8-13(2,3)19(4)12-7-10(5-6-11(9)12)18-22(20,21)14(15,16)17/h5-7,9,18H,8H2,1-4H3. The molecule has 1 unspecified atom stereocenters. The molecule has 0 aromatic heterocycles. The van der Waals surface area contributed by atoms with Crippen LogP contribution in [0.5, 0.6) is 0 Å². The number of hydrogen-bond donors (Lipinski definition) is 1. The zero-order chi connectivity index (χ0) is 16.9. The van der Waals surface area contributed by atoms with Crippen molar-refractivity contribution >= 4 is 21.4 Å². The molecule has 1 aliphatic heterocycles. The van der Waals surface area contributed by atoms with E-state index in [0.29, 0.717) is 0 Å². The van der Waals surface area contributed by atoms with E-state index in [1.165, 1.54) is 12.1 Å². The number of nitrogens with zero attached hydrogens (tertiary/aromatic N) is 1. The van der Waals surface area contributed by atoms with E-state index in [2.05, 4.69) is 0 Å². The third-order valence-corrected chi connectivity index (χ3v) is 5.31. The first-order valence-electron chi connectivity index (χ1n) is 6.82. The van der Waals surface area contributed by atoms with Crippen LogP contribution in [0.2, 0.25) is 0 Å². The molecule has 0 aliphatic carbocycles. The molecular formula is C14H19F3N2O2S. The predicted octanol–water partition coefficient (Wildman–Crippen LogP) is 3.67. The van der Waals surface area contributed by atoms with Crippen LogP contribution in [0, 0.1) is 0 Å². The van der Waals surface area contributed by atoms with E-state index in [4.69, 9.17) is 0 Å². The SMILES string of the molecule is CC1CC(C)(C)N(C)c2cc(NS(=O)(=O)C(F)(F)F)ccc21. The van der Waals surface area contributed by atoms with Crippen LogP contribution in [0.4, 0.5) is 24.5 Å². The second-order valence-corrected chi connectivity index (χ2v) is 7.98. The number of fused-ring (bicyclic) bond motifs is 1. The molecule has 0 saturated heterocycles. The van der Waals surface area contributed by atoms with Crippen molar-refractivity contribution in [2.45, 2.75) is 44.2 Å². The highest BCUT2D eigenvalue weighted by molar-refractivity contribution is 7.93. The van der Waals surface area contributed by atoms with Crippen LogP contribution in [-0.2, 0) is 10.0 Å². The fourth-order valence-corrected chi connectivity index (χ4v) is 3.40. The summed E-state index contributed by atoms with van der Waals surface area (Å²) in [6.45, 7) is 6.13. The van der Waals surface area contributed by atoms with Crippen molar-refractivity contribution in [3.05, 3.63) is 23.8 Å². The van der Waals surface area contributed by atoms with Gasteiger partial charge >= 0.3 is 15.5 Å². The molecule has 124 valence electrons. The van der Waals surface area contributed by atoms with E-state index >= 15 is 0 Å². The maximum absolute atomic E-state index is 12.5. The molecule has 1 aromatic carbocycles. The van der Waals surface area contributed by atoms with Crippen molar-refractivity contribution in [2.75, 3.05) is 16.7 Å². The predicted molar refractivity (Wildman–Crippen MR) is 80.6 cm³/mol. The Hall–Kier alpha value is -1.44. The van der Waals surface area contributed by atoms with Gasteiger partial charge in [0.25, 0.3) is 0 Å². The summed E-state index contributed by atoms with van der Waals surface area (Å²) in [7, 11) is -3.55. The fraction of sp³-hybridized carbons (Fsp3) is 0.571. The lowest BCUT2D eigenvalue weighted by Gasteiger charge is -2.45. The highest BCUT2D eigenvalue weighted by Gasteiger charge is 2.46. The molecule has 22 heavy (non-hydrogen) atoms. The van der Waals surface area contributed by atoms with Gasteiger partial charge in [-0.2, -0.15) is 21.6 Å². The number of sulfonamides is 1. The first kappa shape index (κ1) is 16.9. The molecular weight excluding hydrogens is 317 g/mol. The Morgan fingerprint density at radius 2 is 1.91 bits per heavy atom. The Kier molecular flexibility index (Phi) is 3.88. The Bertz CT molecular complexity index is 684. The Morgan fingerprint density at radius 1 is 1.32 bits per heavy atom. The summed E-state index contributed by atoms with van der Waals surface area (Å²) in [6.07, 6.45) is 0.907. The third-order valence-electron chi connectivity index (χ3n) is 4.19. The van der Waals surface area contributed by atoms with E-state index in [-0.39, 0.29) is 17.1 Å². The highest BCUT2D eigenvalue weighted by Crippen LogP contribution is 2.43. The molecule has 0 saturated carbocycles. The monoisotopic (exact) mass is 336 g/mol. The van der Waals surface area contributed by atoms with Gasteiger partial charge in [-0.25, -0.2) is 0 Å². The van der Waals surface area contributed by atoms with Crippen LogP contribution in [0.3, 0.4) is 0 Å². The average molecular weight is 336 g/mol. The van der Waals surface area contributed by atoms with Crippen LogP contribution in [0.1, 0.15) is 38.7 Å². The Morgan fingerprint density at radius 3 is 2.45 bits per heavy atom. The van der Waals surface area contributed by atoms with E-state index in [1.807, 2.05) is 32.7 Å². The van der Waals surface area contributed by atoms with Gasteiger partial charge < -0.3 is 4.90 Å². The second-order valence-electron chi connectivity index (χ2n) is 6.30. The van der Waals surface area contributed by atoms with Gasteiger partial charge in [-0.3, -0.25) is 4.72 Å². The summed E-state index contributed by atoms with van der Waals surface area (Å²) < 4.78 is 61.4. The summed E-state index contributed by atoms with van der Waals surface area (Å²) in [5.74, 6) is 0.245. The van der Waals surface area contributed by atoms with E-state index in [1.54, 1.807) is 10.8 Å². The van der Waals surface area contributed by atoms with Gasteiger partial charge in [0.1, 0.15) is 0 Å². The van der Waals surface area contributed by atoms with Gasteiger partial charge in [-0.1, -0.05) is 13.0 Å². The first-order chi connectivity index (χ1) is 9.85. The van der Waals surface area contributed by atoms with Crippen LogP contribution < -0.4 is 9.62 Å². The summed E-state index contributed by atoms with van der Waals surface area (Å²) in [6, 6.07) is 4.50. The number of anilines is 2. The largest absolute Gasteiger partial charge is 0.516 e. The van der Waals surface area contributed by atoms with Crippen LogP contribution in [0.15, 0.2) is 18.2 Å². The van der Waals surface area contributed by atoms with Crippen molar-refractivity contribution in [2.24, 2.45) is 0 Å². The number of alkyl halides is 3. The quantitative estimate of drug-likeness (QED) is 0.896. The van der Waals surface area contributed by atoms with Gasteiger partial charge in [0.05, 0.1) is 5.69 Å².